The lowest BCUT2D eigenvalue weighted by Crippen LogP contribution is -2.11. The summed E-state index contributed by atoms with van der Waals surface area (Å²) in [5.74, 6) is 0. The molecule has 48 heavy (non-hydrogen) atoms. The largest absolute Gasteiger partial charge is 0.309 e. The van der Waals surface area contributed by atoms with Crippen LogP contribution in [0.1, 0.15) is 0 Å². The normalized spacial score (nSPS) is 11.3. The average molecular weight is 614 g/mol. The highest BCUT2D eigenvalue weighted by Gasteiger charge is 2.24. The van der Waals surface area contributed by atoms with Gasteiger partial charge in [0.1, 0.15) is 5.69 Å². The van der Waals surface area contributed by atoms with Gasteiger partial charge in [0.2, 0.25) is 0 Å². The van der Waals surface area contributed by atoms with Crippen molar-refractivity contribution in [3.8, 4) is 33.6 Å². The standard InChI is InChI=1S/C45H31N3/c1-5-18-33(19-6-1)42-31-39-38(45-43(34-20-7-2-8-21-34)44(46-48(42)45)35-22-9-3-10-23-35)28-16-30-41(39)47(36-25-11-4-12-26-36)40-29-15-24-32-17-13-14-27-37(32)40/h1-31H. The molecule has 0 bridgehead atoms. The summed E-state index contributed by atoms with van der Waals surface area (Å²) in [7, 11) is 0. The van der Waals surface area contributed by atoms with E-state index in [2.05, 4.69) is 197 Å². The summed E-state index contributed by atoms with van der Waals surface area (Å²) in [4.78, 5) is 2.41. The van der Waals surface area contributed by atoms with Crippen LogP contribution in [0.4, 0.5) is 17.1 Å². The summed E-state index contributed by atoms with van der Waals surface area (Å²) >= 11 is 0. The van der Waals surface area contributed by atoms with Gasteiger partial charge in [-0.1, -0.05) is 158 Å². The molecule has 9 aromatic rings. The summed E-state index contributed by atoms with van der Waals surface area (Å²) < 4.78 is 2.16. The van der Waals surface area contributed by atoms with Crippen molar-refractivity contribution in [1.82, 2.24) is 9.61 Å². The van der Waals surface area contributed by atoms with Crippen LogP contribution in [0.3, 0.4) is 0 Å². The minimum atomic E-state index is 0.964. The predicted octanol–water partition coefficient (Wildman–Crippen LogP) is 12.1. The molecule has 0 aliphatic carbocycles. The summed E-state index contributed by atoms with van der Waals surface area (Å²) in [6.45, 7) is 0. The van der Waals surface area contributed by atoms with Crippen molar-refractivity contribution in [2.75, 3.05) is 4.90 Å². The van der Waals surface area contributed by atoms with Gasteiger partial charge in [-0.15, -0.1) is 0 Å². The molecule has 0 N–H and O–H groups in total. The molecule has 2 aromatic heterocycles. The number of para-hydroxylation sites is 1. The topological polar surface area (TPSA) is 20.5 Å². The molecule has 0 aliphatic heterocycles. The second-order valence-corrected chi connectivity index (χ2v) is 12.0. The predicted molar refractivity (Wildman–Crippen MR) is 201 cm³/mol. The van der Waals surface area contributed by atoms with E-state index in [9.17, 15) is 0 Å². The molecule has 0 spiro atoms. The van der Waals surface area contributed by atoms with E-state index in [1.807, 2.05) is 0 Å². The van der Waals surface area contributed by atoms with E-state index in [0.29, 0.717) is 0 Å². The zero-order valence-corrected chi connectivity index (χ0v) is 26.2. The number of benzene rings is 7. The summed E-state index contributed by atoms with van der Waals surface area (Å²) in [6, 6.07) is 66.8. The monoisotopic (exact) mass is 613 g/mol. The van der Waals surface area contributed by atoms with Crippen LogP contribution in [-0.4, -0.2) is 9.61 Å². The molecule has 0 saturated heterocycles. The molecule has 7 aromatic carbocycles. The third-order valence-corrected chi connectivity index (χ3v) is 9.17. The highest BCUT2D eigenvalue weighted by atomic mass is 15.2. The summed E-state index contributed by atoms with van der Waals surface area (Å²) in [5.41, 5.74) is 10.9. The first-order chi connectivity index (χ1) is 23.8. The Balaban J connectivity index is 1.45. The van der Waals surface area contributed by atoms with Crippen molar-refractivity contribution < 1.29 is 0 Å². The van der Waals surface area contributed by atoms with Gasteiger partial charge in [0.25, 0.3) is 0 Å². The van der Waals surface area contributed by atoms with Crippen molar-refractivity contribution in [1.29, 1.82) is 0 Å². The van der Waals surface area contributed by atoms with Gasteiger partial charge in [-0.05, 0) is 41.3 Å². The first kappa shape index (κ1) is 27.8. The second kappa shape index (κ2) is 11.7. The molecule has 0 radical (unpaired) electrons. The van der Waals surface area contributed by atoms with Gasteiger partial charge in [0.05, 0.1) is 22.6 Å². The Hall–Kier alpha value is -6.45. The Morgan fingerprint density at radius 3 is 1.65 bits per heavy atom. The zero-order valence-electron chi connectivity index (χ0n) is 26.2. The Morgan fingerprint density at radius 1 is 0.417 bits per heavy atom. The molecule has 3 heteroatoms. The van der Waals surface area contributed by atoms with Gasteiger partial charge in [-0.2, -0.15) is 5.10 Å². The molecule has 0 atom stereocenters. The molecular weight excluding hydrogens is 583 g/mol. The van der Waals surface area contributed by atoms with E-state index in [0.717, 1.165) is 67.0 Å². The highest BCUT2D eigenvalue weighted by Crippen LogP contribution is 2.46. The van der Waals surface area contributed by atoms with E-state index in [1.54, 1.807) is 0 Å². The summed E-state index contributed by atoms with van der Waals surface area (Å²) in [6.07, 6.45) is 0. The van der Waals surface area contributed by atoms with Crippen molar-refractivity contribution in [3.63, 3.8) is 0 Å². The molecule has 226 valence electrons. The molecule has 0 saturated carbocycles. The Labute approximate surface area is 279 Å². The maximum absolute atomic E-state index is 5.42. The van der Waals surface area contributed by atoms with Crippen LogP contribution < -0.4 is 4.90 Å². The van der Waals surface area contributed by atoms with Crippen molar-refractivity contribution in [2.24, 2.45) is 0 Å². The van der Waals surface area contributed by atoms with Gasteiger partial charge in [-0.3, -0.25) is 0 Å². The third-order valence-electron chi connectivity index (χ3n) is 9.17. The van der Waals surface area contributed by atoms with E-state index in [1.165, 1.54) is 10.8 Å². The third kappa shape index (κ3) is 4.64. The van der Waals surface area contributed by atoms with Gasteiger partial charge in [-0.25, -0.2) is 4.52 Å². The fraction of sp³-hybridized carbons (Fsp3) is 0. The van der Waals surface area contributed by atoms with Crippen LogP contribution in [0.25, 0.3) is 60.7 Å². The number of hydrogen-bond donors (Lipinski definition) is 0. The lowest BCUT2D eigenvalue weighted by Gasteiger charge is -2.28. The van der Waals surface area contributed by atoms with Crippen LogP contribution in [0.5, 0.6) is 0 Å². The number of rotatable bonds is 6. The van der Waals surface area contributed by atoms with Crippen molar-refractivity contribution >= 4 is 44.1 Å². The van der Waals surface area contributed by atoms with E-state index >= 15 is 0 Å². The zero-order chi connectivity index (χ0) is 31.9. The van der Waals surface area contributed by atoms with Gasteiger partial charge in [0, 0.05) is 38.5 Å². The molecule has 0 unspecified atom stereocenters. The first-order valence-electron chi connectivity index (χ1n) is 16.3. The number of anilines is 3. The molecule has 0 aliphatic rings. The number of nitrogens with zero attached hydrogens (tertiary/aromatic N) is 3. The van der Waals surface area contributed by atoms with Gasteiger partial charge in [0.15, 0.2) is 0 Å². The van der Waals surface area contributed by atoms with Crippen LogP contribution in [-0.2, 0) is 0 Å². The van der Waals surface area contributed by atoms with E-state index in [4.69, 9.17) is 5.10 Å². The number of aromatic nitrogens is 2. The van der Waals surface area contributed by atoms with Crippen molar-refractivity contribution in [3.05, 3.63) is 188 Å². The molecule has 3 nitrogen and oxygen atoms in total. The fourth-order valence-corrected chi connectivity index (χ4v) is 7.02. The van der Waals surface area contributed by atoms with Gasteiger partial charge < -0.3 is 4.90 Å². The number of fused-ring (bicyclic) bond motifs is 4. The average Bonchev–Trinajstić information content (AvgIpc) is 3.58. The molecular formula is C45H31N3. The lowest BCUT2D eigenvalue weighted by molar-refractivity contribution is 0.979. The molecule has 2 heterocycles. The van der Waals surface area contributed by atoms with Crippen LogP contribution in [0, 0.1) is 0 Å². The minimum absolute atomic E-state index is 0.964. The first-order valence-corrected chi connectivity index (χ1v) is 16.3. The highest BCUT2D eigenvalue weighted by molar-refractivity contribution is 6.14. The SMILES string of the molecule is c1ccc(-c2nn3c(-c4ccccc4)cc4c(N(c5ccccc5)c5cccc6ccccc56)cccc4c3c2-c2ccccc2)cc1. The van der Waals surface area contributed by atoms with Crippen LogP contribution in [0.15, 0.2) is 188 Å². The second-order valence-electron chi connectivity index (χ2n) is 12.0. The minimum Gasteiger partial charge on any atom is -0.309 e. The Kier molecular flexibility index (Phi) is 6.80. The molecule has 0 amide bonds. The Morgan fingerprint density at radius 2 is 0.938 bits per heavy atom. The smallest absolute Gasteiger partial charge is 0.101 e. The van der Waals surface area contributed by atoms with Gasteiger partial charge >= 0.3 is 0 Å². The maximum Gasteiger partial charge on any atom is 0.101 e. The van der Waals surface area contributed by atoms with Crippen molar-refractivity contribution in [2.45, 2.75) is 0 Å². The summed E-state index contributed by atoms with van der Waals surface area (Å²) in [5, 5.41) is 10.1. The quantitative estimate of drug-likeness (QED) is 0.186. The molecule has 9 rings (SSSR count). The van der Waals surface area contributed by atoms with E-state index in [-0.39, 0.29) is 0 Å². The number of pyridine rings is 1. The van der Waals surface area contributed by atoms with E-state index < -0.39 is 0 Å². The maximum atomic E-state index is 5.42. The lowest BCUT2D eigenvalue weighted by atomic mass is 9.96. The fourth-order valence-electron chi connectivity index (χ4n) is 7.02. The van der Waals surface area contributed by atoms with Crippen LogP contribution >= 0.6 is 0 Å². The van der Waals surface area contributed by atoms with Crippen LogP contribution in [0.2, 0.25) is 0 Å². The Bertz CT molecular complexity index is 2530. The number of hydrogen-bond acceptors (Lipinski definition) is 2. The molecule has 0 fully saturated rings.